The Morgan fingerprint density at radius 1 is 0.450 bits per heavy atom. The van der Waals surface area contributed by atoms with E-state index < -0.39 is 12.1 Å². The van der Waals surface area contributed by atoms with Crippen molar-refractivity contribution in [2.75, 3.05) is 13.2 Å². The van der Waals surface area contributed by atoms with E-state index in [9.17, 15) is 19.8 Å². The fourth-order valence-corrected chi connectivity index (χ4v) is 8.40. The minimum Gasteiger partial charge on any atom is -0.466 e. The van der Waals surface area contributed by atoms with Crippen molar-refractivity contribution in [2.24, 2.45) is 0 Å². The average molecular weight is 848 g/mol. The number of aliphatic hydroxyl groups is 2. The van der Waals surface area contributed by atoms with Crippen LogP contribution in [0.5, 0.6) is 0 Å². The van der Waals surface area contributed by atoms with E-state index in [2.05, 4.69) is 31.3 Å². The maximum Gasteiger partial charge on any atom is 0.305 e. The van der Waals surface area contributed by atoms with Crippen molar-refractivity contribution in [2.45, 2.75) is 309 Å². The van der Waals surface area contributed by atoms with E-state index in [-0.39, 0.29) is 18.5 Å². The van der Waals surface area contributed by atoms with Crippen LogP contribution in [0.4, 0.5) is 0 Å². The second kappa shape index (κ2) is 50.2. The van der Waals surface area contributed by atoms with Crippen molar-refractivity contribution in [3.05, 3.63) is 12.2 Å². The predicted octanol–water partition coefficient (Wildman–Crippen LogP) is 16.1. The number of unbranched alkanes of at least 4 members (excludes halogenated alkanes) is 37. The molecule has 2 unspecified atom stereocenters. The van der Waals surface area contributed by atoms with Crippen LogP contribution in [0.3, 0.4) is 0 Å². The third kappa shape index (κ3) is 46.1. The molecule has 0 fully saturated rings. The zero-order valence-electron chi connectivity index (χ0n) is 40.5. The highest BCUT2D eigenvalue weighted by Gasteiger charge is 2.20. The maximum atomic E-state index is 12.5. The molecular weight excluding hydrogens is 743 g/mol. The summed E-state index contributed by atoms with van der Waals surface area (Å²) >= 11 is 0. The lowest BCUT2D eigenvalue weighted by atomic mass is 10.0. The summed E-state index contributed by atoms with van der Waals surface area (Å²) in [5.74, 6) is -0.0471. The SMILES string of the molecule is CCCCC/C=C\CCCCCCCC(=O)OCCCCCCCCCCCCCCCCCCC(=O)NC(CO)C(O)CCCCCCCCCCCCCCCCC. The van der Waals surface area contributed by atoms with Gasteiger partial charge in [-0.15, -0.1) is 0 Å². The van der Waals surface area contributed by atoms with Gasteiger partial charge in [0, 0.05) is 12.8 Å². The molecule has 0 aliphatic heterocycles. The molecule has 0 radical (unpaired) electrons. The van der Waals surface area contributed by atoms with Crippen LogP contribution in [-0.2, 0) is 14.3 Å². The van der Waals surface area contributed by atoms with Gasteiger partial charge in [-0.3, -0.25) is 9.59 Å². The van der Waals surface area contributed by atoms with Crippen LogP contribution in [0, 0.1) is 0 Å². The van der Waals surface area contributed by atoms with Gasteiger partial charge in [-0.1, -0.05) is 244 Å². The summed E-state index contributed by atoms with van der Waals surface area (Å²) in [7, 11) is 0. The van der Waals surface area contributed by atoms with Crippen molar-refractivity contribution >= 4 is 11.9 Å². The van der Waals surface area contributed by atoms with E-state index in [1.807, 2.05) is 0 Å². The van der Waals surface area contributed by atoms with Crippen molar-refractivity contribution in [3.63, 3.8) is 0 Å². The Morgan fingerprint density at radius 2 is 0.783 bits per heavy atom. The van der Waals surface area contributed by atoms with Gasteiger partial charge in [-0.2, -0.15) is 0 Å². The first-order valence-electron chi connectivity index (χ1n) is 26.9. The summed E-state index contributed by atoms with van der Waals surface area (Å²) < 4.78 is 5.45. The molecule has 0 aromatic rings. The predicted molar refractivity (Wildman–Crippen MR) is 260 cm³/mol. The second-order valence-corrected chi connectivity index (χ2v) is 18.6. The number of rotatable bonds is 50. The lowest BCUT2D eigenvalue weighted by molar-refractivity contribution is -0.143. The largest absolute Gasteiger partial charge is 0.466 e. The van der Waals surface area contributed by atoms with Crippen molar-refractivity contribution in [1.82, 2.24) is 5.32 Å². The van der Waals surface area contributed by atoms with Gasteiger partial charge >= 0.3 is 5.97 Å². The molecule has 0 saturated heterocycles. The third-order valence-corrected chi connectivity index (χ3v) is 12.6. The highest BCUT2D eigenvalue weighted by molar-refractivity contribution is 5.76. The van der Waals surface area contributed by atoms with E-state index in [1.54, 1.807) is 0 Å². The van der Waals surface area contributed by atoms with Crippen molar-refractivity contribution < 1.29 is 24.5 Å². The number of carbonyl (C=O) groups is 2. The molecule has 60 heavy (non-hydrogen) atoms. The zero-order chi connectivity index (χ0) is 43.7. The molecule has 0 aromatic carbocycles. The maximum absolute atomic E-state index is 12.5. The molecule has 0 saturated carbocycles. The lowest BCUT2D eigenvalue weighted by Gasteiger charge is -2.22. The van der Waals surface area contributed by atoms with Crippen molar-refractivity contribution in [3.8, 4) is 0 Å². The van der Waals surface area contributed by atoms with Gasteiger partial charge in [0.2, 0.25) is 5.91 Å². The Balaban J connectivity index is 3.43. The fourth-order valence-electron chi connectivity index (χ4n) is 8.40. The van der Waals surface area contributed by atoms with Crippen LogP contribution in [0.1, 0.15) is 296 Å². The van der Waals surface area contributed by atoms with Crippen molar-refractivity contribution in [1.29, 1.82) is 0 Å². The molecule has 356 valence electrons. The third-order valence-electron chi connectivity index (χ3n) is 12.6. The smallest absolute Gasteiger partial charge is 0.305 e. The van der Waals surface area contributed by atoms with Gasteiger partial charge in [0.05, 0.1) is 25.4 Å². The molecular formula is C54H105NO5. The van der Waals surface area contributed by atoms with Crippen LogP contribution in [0.2, 0.25) is 0 Å². The number of hydrogen-bond donors (Lipinski definition) is 3. The van der Waals surface area contributed by atoms with E-state index in [0.29, 0.717) is 25.9 Å². The molecule has 2 atom stereocenters. The number of aliphatic hydroxyl groups excluding tert-OH is 2. The molecule has 0 rings (SSSR count). The lowest BCUT2D eigenvalue weighted by Crippen LogP contribution is -2.45. The van der Waals surface area contributed by atoms with Crippen LogP contribution in [-0.4, -0.2) is 47.4 Å². The monoisotopic (exact) mass is 848 g/mol. The Morgan fingerprint density at radius 3 is 1.22 bits per heavy atom. The fraction of sp³-hybridized carbons (Fsp3) is 0.926. The topological polar surface area (TPSA) is 95.9 Å². The average Bonchev–Trinajstić information content (AvgIpc) is 3.25. The van der Waals surface area contributed by atoms with Crippen LogP contribution in [0.25, 0.3) is 0 Å². The van der Waals surface area contributed by atoms with Gasteiger partial charge < -0.3 is 20.3 Å². The van der Waals surface area contributed by atoms with Crippen LogP contribution >= 0.6 is 0 Å². The summed E-state index contributed by atoms with van der Waals surface area (Å²) in [5, 5.41) is 23.2. The highest BCUT2D eigenvalue weighted by atomic mass is 16.5. The standard InChI is InChI=1S/C54H105NO5/c1-3-5-7-9-11-13-15-17-20-23-26-30-34-38-42-46-52(57)51(50-56)55-53(58)47-43-39-35-31-27-24-21-18-19-22-25-29-33-37-41-45-49-60-54(59)48-44-40-36-32-28-16-14-12-10-8-6-4-2/h12,14,51-52,56-57H,3-11,13,15-50H2,1-2H3,(H,55,58)/b14-12-. The first kappa shape index (κ1) is 58.6. The van der Waals surface area contributed by atoms with Gasteiger partial charge in [0.1, 0.15) is 0 Å². The van der Waals surface area contributed by atoms with Gasteiger partial charge in [-0.05, 0) is 51.4 Å². The number of carbonyl (C=O) groups excluding carboxylic acids is 2. The number of hydrogen-bond acceptors (Lipinski definition) is 5. The summed E-state index contributed by atoms with van der Waals surface area (Å²) in [4.78, 5) is 24.4. The van der Waals surface area contributed by atoms with Crippen LogP contribution in [0.15, 0.2) is 12.2 Å². The summed E-state index contributed by atoms with van der Waals surface area (Å²) in [6.07, 6.45) is 57.5. The number of ether oxygens (including phenoxy) is 1. The summed E-state index contributed by atoms with van der Waals surface area (Å²) in [6, 6.07) is -0.545. The molecule has 3 N–H and O–H groups in total. The first-order valence-corrected chi connectivity index (χ1v) is 26.9. The summed E-state index contributed by atoms with van der Waals surface area (Å²) in [5.41, 5.74) is 0. The van der Waals surface area contributed by atoms with Gasteiger partial charge in [-0.25, -0.2) is 0 Å². The van der Waals surface area contributed by atoms with Gasteiger partial charge in [0.15, 0.2) is 0 Å². The molecule has 0 aliphatic carbocycles. The molecule has 6 heteroatoms. The molecule has 0 bridgehead atoms. The Bertz CT molecular complexity index is 893. The zero-order valence-corrected chi connectivity index (χ0v) is 40.5. The second-order valence-electron chi connectivity index (χ2n) is 18.6. The van der Waals surface area contributed by atoms with E-state index in [4.69, 9.17) is 4.74 Å². The molecule has 6 nitrogen and oxygen atoms in total. The van der Waals surface area contributed by atoms with E-state index >= 15 is 0 Å². The Hall–Kier alpha value is -1.40. The Kier molecular flexibility index (Phi) is 49.1. The molecule has 0 heterocycles. The van der Waals surface area contributed by atoms with Gasteiger partial charge in [0.25, 0.3) is 0 Å². The number of amides is 1. The van der Waals surface area contributed by atoms with Crippen LogP contribution < -0.4 is 5.32 Å². The first-order chi connectivity index (χ1) is 29.5. The molecule has 0 spiro atoms. The number of esters is 1. The normalized spacial score (nSPS) is 12.7. The molecule has 0 aliphatic rings. The molecule has 1 amide bonds. The minimum absolute atomic E-state index is 0.00658. The molecule has 0 aromatic heterocycles. The number of nitrogens with one attached hydrogen (secondary N) is 1. The van der Waals surface area contributed by atoms with E-state index in [1.165, 1.54) is 218 Å². The summed E-state index contributed by atoms with van der Waals surface area (Å²) in [6.45, 7) is 4.92. The van der Waals surface area contributed by atoms with E-state index in [0.717, 1.165) is 44.9 Å². The minimum atomic E-state index is -0.668. The highest BCUT2D eigenvalue weighted by Crippen LogP contribution is 2.17. The Labute approximate surface area is 374 Å². The number of allylic oxidation sites excluding steroid dienone is 2. The quantitative estimate of drug-likeness (QED) is 0.0322.